The molecule has 0 unspecified atom stereocenters. The van der Waals surface area contributed by atoms with Crippen molar-refractivity contribution in [3.8, 4) is 0 Å². The summed E-state index contributed by atoms with van der Waals surface area (Å²) in [4.78, 5) is 14.8. The minimum atomic E-state index is -3.46. The number of rotatable bonds is 9. The van der Waals surface area contributed by atoms with Gasteiger partial charge in [-0.25, -0.2) is 13.1 Å². The summed E-state index contributed by atoms with van der Waals surface area (Å²) in [5.41, 5.74) is 3.04. The maximum Gasteiger partial charge on any atom is 0.244 e. The van der Waals surface area contributed by atoms with Gasteiger partial charge in [0.15, 0.2) is 0 Å². The molecule has 2 N–H and O–H groups in total. The molecule has 2 aliphatic rings. The molecular formula is C24H29N3O4S. The monoisotopic (exact) mass is 455 g/mol. The number of benzene rings is 2. The van der Waals surface area contributed by atoms with E-state index in [2.05, 4.69) is 27.1 Å². The number of nitrogens with zero attached hydrogens (tertiary/aromatic N) is 1. The second-order valence-corrected chi connectivity index (χ2v) is 9.94. The van der Waals surface area contributed by atoms with Gasteiger partial charge in [-0.05, 0) is 47.7 Å². The lowest BCUT2D eigenvalue weighted by atomic mass is 10.1. The maximum absolute atomic E-state index is 12.2. The second-order valence-electron chi connectivity index (χ2n) is 8.22. The van der Waals surface area contributed by atoms with E-state index in [1.54, 1.807) is 30.3 Å². The Morgan fingerprint density at radius 3 is 2.50 bits per heavy atom. The van der Waals surface area contributed by atoms with Crippen LogP contribution in [0, 0.1) is 0 Å². The van der Waals surface area contributed by atoms with E-state index in [9.17, 15) is 13.2 Å². The molecule has 32 heavy (non-hydrogen) atoms. The van der Waals surface area contributed by atoms with Gasteiger partial charge in [0.25, 0.3) is 0 Å². The molecule has 1 heterocycles. The zero-order valence-electron chi connectivity index (χ0n) is 18.0. The molecule has 0 radical (unpaired) electrons. The summed E-state index contributed by atoms with van der Waals surface area (Å²) in [7, 11) is -3.46. The lowest BCUT2D eigenvalue weighted by Crippen LogP contribution is -2.35. The Morgan fingerprint density at radius 2 is 1.78 bits per heavy atom. The van der Waals surface area contributed by atoms with Crippen LogP contribution in [-0.2, 0) is 32.6 Å². The van der Waals surface area contributed by atoms with Gasteiger partial charge in [0.2, 0.25) is 15.9 Å². The number of morpholine rings is 1. The third kappa shape index (κ3) is 6.74. The predicted molar refractivity (Wildman–Crippen MR) is 123 cm³/mol. The standard InChI is InChI=1S/C24H29N3O4S/c28-24(11-6-19-4-9-23(10-5-19)32(29,30)26-22-7-8-22)25-17-20-2-1-3-21(16-20)18-27-12-14-31-15-13-27/h1-6,9-11,16,22,26H,7-8,12-15,17-18H2,(H,25,28)/b11-6+. The first-order valence-electron chi connectivity index (χ1n) is 10.9. The van der Waals surface area contributed by atoms with E-state index in [0.717, 1.165) is 56.8 Å². The fraction of sp³-hybridized carbons (Fsp3) is 0.375. The molecule has 0 spiro atoms. The maximum atomic E-state index is 12.2. The van der Waals surface area contributed by atoms with E-state index in [4.69, 9.17) is 4.74 Å². The van der Waals surface area contributed by atoms with Gasteiger partial charge in [-0.3, -0.25) is 9.69 Å². The molecule has 1 aliphatic heterocycles. The second kappa shape index (κ2) is 10.4. The predicted octanol–water partition coefficient (Wildman–Crippen LogP) is 2.29. The smallest absolute Gasteiger partial charge is 0.244 e. The quantitative estimate of drug-likeness (QED) is 0.567. The zero-order valence-corrected chi connectivity index (χ0v) is 18.8. The van der Waals surface area contributed by atoms with Crippen LogP contribution < -0.4 is 10.0 Å². The number of carbonyl (C=O) groups is 1. The topological polar surface area (TPSA) is 87.7 Å². The van der Waals surface area contributed by atoms with E-state index in [-0.39, 0.29) is 16.8 Å². The van der Waals surface area contributed by atoms with Gasteiger partial charge in [0, 0.05) is 38.3 Å². The van der Waals surface area contributed by atoms with Crippen LogP contribution in [0.4, 0.5) is 0 Å². The highest BCUT2D eigenvalue weighted by molar-refractivity contribution is 7.89. The van der Waals surface area contributed by atoms with Gasteiger partial charge in [-0.2, -0.15) is 0 Å². The van der Waals surface area contributed by atoms with E-state index >= 15 is 0 Å². The lowest BCUT2D eigenvalue weighted by molar-refractivity contribution is -0.116. The van der Waals surface area contributed by atoms with Crippen LogP contribution >= 0.6 is 0 Å². The summed E-state index contributed by atoms with van der Waals surface area (Å²) in [6.07, 6.45) is 4.93. The van der Waals surface area contributed by atoms with E-state index in [1.165, 1.54) is 11.6 Å². The summed E-state index contributed by atoms with van der Waals surface area (Å²) < 4.78 is 32.5. The van der Waals surface area contributed by atoms with Crippen LogP contribution in [0.15, 0.2) is 59.5 Å². The molecule has 1 saturated heterocycles. The highest BCUT2D eigenvalue weighted by atomic mass is 32.2. The van der Waals surface area contributed by atoms with Crippen LogP contribution in [0.25, 0.3) is 6.08 Å². The first-order chi connectivity index (χ1) is 15.5. The number of nitrogens with one attached hydrogen (secondary N) is 2. The summed E-state index contributed by atoms with van der Waals surface area (Å²) in [6.45, 7) is 4.76. The summed E-state index contributed by atoms with van der Waals surface area (Å²) in [5.74, 6) is -0.198. The first kappa shape index (κ1) is 22.7. The zero-order chi connectivity index (χ0) is 22.4. The average molecular weight is 456 g/mol. The van der Waals surface area contributed by atoms with Gasteiger partial charge < -0.3 is 10.1 Å². The number of hydrogen-bond acceptors (Lipinski definition) is 5. The molecule has 1 amide bonds. The molecule has 1 aliphatic carbocycles. The van der Waals surface area contributed by atoms with Crippen LogP contribution in [0.1, 0.15) is 29.5 Å². The molecule has 7 nitrogen and oxygen atoms in total. The number of ether oxygens (including phenoxy) is 1. The van der Waals surface area contributed by atoms with Crippen molar-refractivity contribution in [2.45, 2.75) is 36.9 Å². The fourth-order valence-corrected chi connectivity index (χ4v) is 4.83. The van der Waals surface area contributed by atoms with Crippen molar-refractivity contribution in [3.05, 3.63) is 71.3 Å². The van der Waals surface area contributed by atoms with E-state index < -0.39 is 10.0 Å². The van der Waals surface area contributed by atoms with Crippen LogP contribution in [0.2, 0.25) is 0 Å². The van der Waals surface area contributed by atoms with Crippen molar-refractivity contribution < 1.29 is 17.9 Å². The molecule has 0 aromatic heterocycles. The number of carbonyl (C=O) groups excluding carboxylic acids is 1. The Kier molecular flexibility index (Phi) is 7.36. The van der Waals surface area contributed by atoms with Crippen molar-refractivity contribution in [2.24, 2.45) is 0 Å². The third-order valence-corrected chi connectivity index (χ3v) is 7.02. The molecule has 2 aromatic rings. The fourth-order valence-electron chi connectivity index (χ4n) is 3.52. The number of sulfonamides is 1. The highest BCUT2D eigenvalue weighted by Gasteiger charge is 2.27. The Balaban J connectivity index is 1.27. The molecule has 1 saturated carbocycles. The molecule has 170 valence electrons. The highest BCUT2D eigenvalue weighted by Crippen LogP contribution is 2.22. The van der Waals surface area contributed by atoms with Gasteiger partial charge in [-0.1, -0.05) is 36.4 Å². The van der Waals surface area contributed by atoms with Crippen molar-refractivity contribution in [1.82, 2.24) is 14.9 Å². The van der Waals surface area contributed by atoms with Crippen LogP contribution in [-0.4, -0.2) is 51.6 Å². The van der Waals surface area contributed by atoms with Gasteiger partial charge in [0.1, 0.15) is 0 Å². The minimum absolute atomic E-state index is 0.0725. The van der Waals surface area contributed by atoms with Crippen molar-refractivity contribution in [1.29, 1.82) is 0 Å². The number of hydrogen-bond donors (Lipinski definition) is 2. The molecule has 2 fully saturated rings. The Bertz CT molecular complexity index is 1060. The lowest BCUT2D eigenvalue weighted by Gasteiger charge is -2.26. The average Bonchev–Trinajstić information content (AvgIpc) is 3.61. The van der Waals surface area contributed by atoms with Gasteiger partial charge >= 0.3 is 0 Å². The molecule has 8 heteroatoms. The largest absolute Gasteiger partial charge is 0.379 e. The van der Waals surface area contributed by atoms with Crippen LogP contribution in [0.3, 0.4) is 0 Å². The van der Waals surface area contributed by atoms with E-state index in [1.807, 2.05) is 12.1 Å². The van der Waals surface area contributed by atoms with Crippen molar-refractivity contribution in [3.63, 3.8) is 0 Å². The molecule has 0 bridgehead atoms. The minimum Gasteiger partial charge on any atom is -0.379 e. The van der Waals surface area contributed by atoms with Gasteiger partial charge in [-0.15, -0.1) is 0 Å². The van der Waals surface area contributed by atoms with Crippen molar-refractivity contribution in [2.75, 3.05) is 26.3 Å². The van der Waals surface area contributed by atoms with Crippen molar-refractivity contribution >= 4 is 22.0 Å². The normalized spacial score (nSPS) is 17.5. The Morgan fingerprint density at radius 1 is 1.06 bits per heavy atom. The molecular weight excluding hydrogens is 426 g/mol. The number of amides is 1. The Labute approximate surface area is 189 Å². The van der Waals surface area contributed by atoms with Gasteiger partial charge in [0.05, 0.1) is 18.1 Å². The third-order valence-electron chi connectivity index (χ3n) is 5.48. The SMILES string of the molecule is O=C(/C=C/c1ccc(S(=O)(=O)NC2CC2)cc1)NCc1cccc(CN2CCOCC2)c1. The van der Waals surface area contributed by atoms with Crippen LogP contribution in [0.5, 0.6) is 0 Å². The summed E-state index contributed by atoms with van der Waals surface area (Å²) in [6, 6.07) is 14.8. The molecule has 4 rings (SSSR count). The van der Waals surface area contributed by atoms with E-state index in [0.29, 0.717) is 6.54 Å². The summed E-state index contributed by atoms with van der Waals surface area (Å²) in [5, 5.41) is 2.90. The Hall–Kier alpha value is -2.52. The molecule has 2 aromatic carbocycles. The summed E-state index contributed by atoms with van der Waals surface area (Å²) >= 11 is 0. The molecule has 0 atom stereocenters. The first-order valence-corrected chi connectivity index (χ1v) is 12.4.